The number of carbonyl (C=O) groups excluding carboxylic acids is 1. The molecule has 104 valence electrons. The number of rotatable bonds is 4. The van der Waals surface area contributed by atoms with Gasteiger partial charge in [0, 0.05) is 24.7 Å². The third-order valence-electron chi connectivity index (χ3n) is 4.37. The molecule has 0 radical (unpaired) electrons. The van der Waals surface area contributed by atoms with Crippen molar-refractivity contribution in [2.75, 3.05) is 7.05 Å². The Balaban J connectivity index is 1.80. The van der Waals surface area contributed by atoms with Crippen LogP contribution in [0.2, 0.25) is 0 Å². The summed E-state index contributed by atoms with van der Waals surface area (Å²) in [4.78, 5) is 18.7. The van der Waals surface area contributed by atoms with Crippen molar-refractivity contribution >= 4 is 16.8 Å². The Labute approximate surface area is 119 Å². The van der Waals surface area contributed by atoms with Crippen LogP contribution >= 0.6 is 0 Å². The molecule has 1 amide bonds. The number of carbonyl (C=O) groups is 1. The van der Waals surface area contributed by atoms with Gasteiger partial charge in [-0.1, -0.05) is 24.3 Å². The Morgan fingerprint density at radius 2 is 2.10 bits per heavy atom. The predicted octanol–water partition coefficient (Wildman–Crippen LogP) is 3.03. The van der Waals surface area contributed by atoms with Crippen molar-refractivity contribution < 1.29 is 4.79 Å². The Kier molecular flexibility index (Phi) is 3.43. The van der Waals surface area contributed by atoms with Gasteiger partial charge >= 0.3 is 0 Å². The number of para-hydroxylation sites is 1. The quantitative estimate of drug-likeness (QED) is 0.854. The van der Waals surface area contributed by atoms with Crippen LogP contribution in [0.4, 0.5) is 0 Å². The molecule has 0 saturated heterocycles. The number of hydrogen-bond acceptors (Lipinski definition) is 2. The molecular formula is C17H20N2O. The van der Waals surface area contributed by atoms with Crippen molar-refractivity contribution in [2.45, 2.75) is 32.2 Å². The summed E-state index contributed by atoms with van der Waals surface area (Å²) in [5, 5.41) is 1.09. The van der Waals surface area contributed by atoms with Crippen molar-refractivity contribution in [2.24, 2.45) is 5.92 Å². The van der Waals surface area contributed by atoms with Gasteiger partial charge < -0.3 is 4.90 Å². The number of amides is 1. The lowest BCUT2D eigenvalue weighted by Crippen LogP contribution is -2.37. The average Bonchev–Trinajstić information content (AvgIpc) is 3.30. The van der Waals surface area contributed by atoms with Crippen LogP contribution in [0.5, 0.6) is 0 Å². The molecule has 1 heterocycles. The van der Waals surface area contributed by atoms with E-state index in [0.29, 0.717) is 18.4 Å². The second-order valence-corrected chi connectivity index (χ2v) is 5.75. The number of aromatic nitrogens is 1. The lowest BCUT2D eigenvalue weighted by Gasteiger charge is -2.25. The van der Waals surface area contributed by atoms with Gasteiger partial charge in [0.25, 0.3) is 0 Å². The van der Waals surface area contributed by atoms with Gasteiger partial charge in [-0.25, -0.2) is 0 Å². The topological polar surface area (TPSA) is 33.2 Å². The molecule has 3 rings (SSSR count). The third kappa shape index (κ3) is 2.53. The fourth-order valence-electron chi connectivity index (χ4n) is 2.72. The maximum atomic E-state index is 12.4. The zero-order valence-corrected chi connectivity index (χ0v) is 12.0. The Morgan fingerprint density at radius 1 is 1.35 bits per heavy atom. The van der Waals surface area contributed by atoms with Crippen LogP contribution in [0.3, 0.4) is 0 Å². The standard InChI is InChI=1S/C17H20N2O/c1-12(13-8-9-13)19(2)16(20)11-15-6-3-5-14-7-4-10-18-17(14)15/h3-7,10,12-13H,8-9,11H2,1-2H3. The summed E-state index contributed by atoms with van der Waals surface area (Å²) in [5.74, 6) is 0.886. The normalized spacial score (nSPS) is 16.1. The molecule has 0 spiro atoms. The number of nitrogens with zero attached hydrogens (tertiary/aromatic N) is 2. The first kappa shape index (κ1) is 13.1. The van der Waals surface area contributed by atoms with Crippen LogP contribution in [0, 0.1) is 5.92 Å². The molecule has 2 aromatic rings. The number of fused-ring (bicyclic) bond motifs is 1. The van der Waals surface area contributed by atoms with E-state index in [0.717, 1.165) is 16.5 Å². The number of likely N-dealkylation sites (N-methyl/N-ethyl adjacent to an activating group) is 1. The molecule has 1 aromatic carbocycles. The highest BCUT2D eigenvalue weighted by Crippen LogP contribution is 2.34. The zero-order valence-electron chi connectivity index (χ0n) is 12.0. The summed E-state index contributed by atoms with van der Waals surface area (Å²) < 4.78 is 0. The maximum absolute atomic E-state index is 12.4. The van der Waals surface area contributed by atoms with E-state index < -0.39 is 0 Å². The molecule has 1 atom stereocenters. The fourth-order valence-corrected chi connectivity index (χ4v) is 2.72. The van der Waals surface area contributed by atoms with Crippen LogP contribution < -0.4 is 0 Å². The van der Waals surface area contributed by atoms with E-state index in [4.69, 9.17) is 0 Å². The zero-order chi connectivity index (χ0) is 14.1. The summed E-state index contributed by atoms with van der Waals surface area (Å²) in [6, 6.07) is 10.3. The van der Waals surface area contributed by atoms with Crippen molar-refractivity contribution in [1.29, 1.82) is 0 Å². The molecule has 20 heavy (non-hydrogen) atoms. The number of benzene rings is 1. The molecule has 1 unspecified atom stereocenters. The van der Waals surface area contributed by atoms with E-state index in [1.165, 1.54) is 12.8 Å². The summed E-state index contributed by atoms with van der Waals surface area (Å²) in [7, 11) is 1.92. The first-order valence-corrected chi connectivity index (χ1v) is 7.25. The number of hydrogen-bond donors (Lipinski definition) is 0. The monoisotopic (exact) mass is 268 g/mol. The van der Waals surface area contributed by atoms with Gasteiger partial charge in [-0.05, 0) is 37.3 Å². The molecule has 3 nitrogen and oxygen atoms in total. The molecule has 0 bridgehead atoms. The minimum absolute atomic E-state index is 0.183. The van der Waals surface area contributed by atoms with Crippen LogP contribution in [0.25, 0.3) is 10.9 Å². The van der Waals surface area contributed by atoms with Crippen LogP contribution in [0.15, 0.2) is 36.5 Å². The van der Waals surface area contributed by atoms with Gasteiger partial charge in [0.1, 0.15) is 0 Å². The minimum Gasteiger partial charge on any atom is -0.342 e. The van der Waals surface area contributed by atoms with Gasteiger partial charge in [0.2, 0.25) is 5.91 Å². The average molecular weight is 268 g/mol. The van der Waals surface area contributed by atoms with Crippen LogP contribution in [-0.4, -0.2) is 28.9 Å². The SMILES string of the molecule is CC(C1CC1)N(C)C(=O)Cc1cccc2cccnc12. The van der Waals surface area contributed by atoms with E-state index in [1.807, 2.05) is 42.3 Å². The van der Waals surface area contributed by atoms with E-state index >= 15 is 0 Å². The second kappa shape index (κ2) is 5.23. The smallest absolute Gasteiger partial charge is 0.227 e. The van der Waals surface area contributed by atoms with E-state index in [-0.39, 0.29) is 5.91 Å². The fraction of sp³-hybridized carbons (Fsp3) is 0.412. The van der Waals surface area contributed by atoms with Crippen LogP contribution in [-0.2, 0) is 11.2 Å². The van der Waals surface area contributed by atoms with Gasteiger partial charge in [-0.2, -0.15) is 0 Å². The number of pyridine rings is 1. The van der Waals surface area contributed by atoms with E-state index in [2.05, 4.69) is 11.9 Å². The molecule has 0 N–H and O–H groups in total. The highest BCUT2D eigenvalue weighted by atomic mass is 16.2. The molecule has 1 aliphatic rings. The minimum atomic E-state index is 0.183. The van der Waals surface area contributed by atoms with Gasteiger partial charge in [-0.15, -0.1) is 0 Å². The Bertz CT molecular complexity index is 628. The summed E-state index contributed by atoms with van der Waals surface area (Å²) >= 11 is 0. The molecule has 1 saturated carbocycles. The third-order valence-corrected chi connectivity index (χ3v) is 4.37. The molecule has 1 aromatic heterocycles. The molecular weight excluding hydrogens is 248 g/mol. The molecule has 1 fully saturated rings. The van der Waals surface area contributed by atoms with Gasteiger partial charge in [0.15, 0.2) is 0 Å². The van der Waals surface area contributed by atoms with Crippen molar-refractivity contribution in [1.82, 2.24) is 9.88 Å². The lowest BCUT2D eigenvalue weighted by molar-refractivity contribution is -0.131. The highest BCUT2D eigenvalue weighted by Gasteiger charge is 2.32. The van der Waals surface area contributed by atoms with E-state index in [1.54, 1.807) is 6.20 Å². The van der Waals surface area contributed by atoms with Crippen LogP contribution in [0.1, 0.15) is 25.3 Å². The molecule has 3 heteroatoms. The van der Waals surface area contributed by atoms with Crippen molar-refractivity contribution in [3.8, 4) is 0 Å². The summed E-state index contributed by atoms with van der Waals surface area (Å²) in [6.45, 7) is 2.15. The first-order valence-electron chi connectivity index (χ1n) is 7.25. The molecule has 1 aliphatic carbocycles. The van der Waals surface area contributed by atoms with Gasteiger partial charge in [0.05, 0.1) is 11.9 Å². The summed E-state index contributed by atoms with van der Waals surface area (Å²) in [6.07, 6.45) is 4.73. The second-order valence-electron chi connectivity index (χ2n) is 5.75. The largest absolute Gasteiger partial charge is 0.342 e. The first-order chi connectivity index (χ1) is 9.66. The highest BCUT2D eigenvalue weighted by molar-refractivity contribution is 5.87. The Hall–Kier alpha value is -1.90. The van der Waals surface area contributed by atoms with Crippen molar-refractivity contribution in [3.05, 3.63) is 42.1 Å². The van der Waals surface area contributed by atoms with Gasteiger partial charge in [-0.3, -0.25) is 9.78 Å². The Morgan fingerprint density at radius 3 is 2.85 bits per heavy atom. The molecule has 0 aliphatic heterocycles. The lowest BCUT2D eigenvalue weighted by atomic mass is 10.1. The maximum Gasteiger partial charge on any atom is 0.227 e. The summed E-state index contributed by atoms with van der Waals surface area (Å²) in [5.41, 5.74) is 1.96. The predicted molar refractivity (Wildman–Crippen MR) is 80.4 cm³/mol. The van der Waals surface area contributed by atoms with E-state index in [9.17, 15) is 4.79 Å². The van der Waals surface area contributed by atoms with Crippen molar-refractivity contribution in [3.63, 3.8) is 0 Å².